The molecule has 27 heavy (non-hydrogen) atoms. The maximum absolute atomic E-state index is 5.91. The van der Waals surface area contributed by atoms with Crippen LogP contribution in [0, 0.1) is 5.41 Å². The van der Waals surface area contributed by atoms with Crippen LogP contribution in [0.2, 0.25) is 0 Å². The molecule has 0 aliphatic heterocycles. The lowest BCUT2D eigenvalue weighted by atomic mass is 9.89. The number of para-hydroxylation sites is 1. The van der Waals surface area contributed by atoms with E-state index in [-0.39, 0.29) is 35.5 Å². The molecule has 156 valence electrons. The van der Waals surface area contributed by atoms with Crippen LogP contribution in [0.3, 0.4) is 0 Å². The molecule has 0 saturated carbocycles. The largest absolute Gasteiger partial charge is 0.492 e. The number of nitrogens with zero attached hydrogens (tertiary/aromatic N) is 2. The van der Waals surface area contributed by atoms with Gasteiger partial charge in [0.2, 0.25) is 0 Å². The van der Waals surface area contributed by atoms with Crippen molar-refractivity contribution >= 4 is 29.9 Å². The van der Waals surface area contributed by atoms with Crippen molar-refractivity contribution in [2.75, 3.05) is 47.9 Å². The lowest BCUT2D eigenvalue weighted by Crippen LogP contribution is -2.45. The smallest absolute Gasteiger partial charge is 0.191 e. The summed E-state index contributed by atoms with van der Waals surface area (Å²) in [6.07, 6.45) is 0.0997. The molecular weight excluding hydrogens is 455 g/mol. The molecular formula is C20H37IN4O2. The predicted octanol–water partition coefficient (Wildman–Crippen LogP) is 2.97. The van der Waals surface area contributed by atoms with E-state index < -0.39 is 0 Å². The summed E-state index contributed by atoms with van der Waals surface area (Å²) in [6.45, 7) is 9.39. The SMILES string of the molecule is CN=C(NCc1ccccc1OCCN(C)C)NCC(OC)C(C)(C)C.I. The molecule has 0 spiro atoms. The molecule has 1 aromatic rings. The quantitative estimate of drug-likeness (QED) is 0.316. The van der Waals surface area contributed by atoms with E-state index in [1.54, 1.807) is 14.2 Å². The molecule has 0 fully saturated rings. The van der Waals surface area contributed by atoms with Gasteiger partial charge in [0.15, 0.2) is 5.96 Å². The molecule has 1 rings (SSSR count). The highest BCUT2D eigenvalue weighted by Gasteiger charge is 2.24. The molecule has 2 N–H and O–H groups in total. The van der Waals surface area contributed by atoms with Gasteiger partial charge >= 0.3 is 0 Å². The molecule has 0 aliphatic carbocycles. The molecule has 0 aromatic heterocycles. The zero-order valence-electron chi connectivity index (χ0n) is 17.8. The van der Waals surface area contributed by atoms with Gasteiger partial charge in [0.1, 0.15) is 12.4 Å². The van der Waals surface area contributed by atoms with Gasteiger partial charge in [0, 0.05) is 39.4 Å². The second-order valence-electron chi connectivity index (χ2n) is 7.66. The zero-order chi connectivity index (χ0) is 19.6. The van der Waals surface area contributed by atoms with Crippen molar-refractivity contribution in [1.82, 2.24) is 15.5 Å². The van der Waals surface area contributed by atoms with E-state index in [0.717, 1.165) is 23.8 Å². The molecule has 1 atom stereocenters. The minimum atomic E-state index is 0. The molecule has 0 amide bonds. The fourth-order valence-electron chi connectivity index (χ4n) is 2.46. The van der Waals surface area contributed by atoms with Crippen molar-refractivity contribution in [2.45, 2.75) is 33.4 Å². The van der Waals surface area contributed by atoms with Gasteiger partial charge in [-0.2, -0.15) is 0 Å². The summed E-state index contributed by atoms with van der Waals surface area (Å²) < 4.78 is 11.5. The molecule has 0 heterocycles. The van der Waals surface area contributed by atoms with Crippen LogP contribution in [0.4, 0.5) is 0 Å². The standard InChI is InChI=1S/C20H36N4O2.HI/c1-20(2,3)18(25-7)15-23-19(21-4)22-14-16-10-8-9-11-17(16)26-13-12-24(5)6;/h8-11,18H,12-15H2,1-7H3,(H2,21,22,23);1H. The van der Waals surface area contributed by atoms with Gasteiger partial charge in [0.25, 0.3) is 0 Å². The van der Waals surface area contributed by atoms with E-state index in [1.807, 2.05) is 32.3 Å². The summed E-state index contributed by atoms with van der Waals surface area (Å²) in [5.41, 5.74) is 1.17. The first-order valence-electron chi connectivity index (χ1n) is 9.10. The molecule has 0 radical (unpaired) electrons. The number of likely N-dealkylation sites (N-methyl/N-ethyl adjacent to an activating group) is 1. The number of nitrogens with one attached hydrogen (secondary N) is 2. The van der Waals surface area contributed by atoms with Crippen molar-refractivity contribution in [3.63, 3.8) is 0 Å². The van der Waals surface area contributed by atoms with Crippen molar-refractivity contribution in [1.29, 1.82) is 0 Å². The average Bonchev–Trinajstić information content (AvgIpc) is 2.57. The van der Waals surface area contributed by atoms with Crippen LogP contribution >= 0.6 is 24.0 Å². The molecule has 1 unspecified atom stereocenters. The highest BCUT2D eigenvalue weighted by Crippen LogP contribution is 2.21. The Hall–Kier alpha value is -1.06. The highest BCUT2D eigenvalue weighted by atomic mass is 127. The van der Waals surface area contributed by atoms with Crippen molar-refractivity contribution in [3.05, 3.63) is 29.8 Å². The third kappa shape index (κ3) is 10.2. The van der Waals surface area contributed by atoms with Gasteiger partial charge in [0.05, 0.1) is 6.10 Å². The fraction of sp³-hybridized carbons (Fsp3) is 0.650. The second kappa shape index (κ2) is 13.2. The maximum atomic E-state index is 5.91. The highest BCUT2D eigenvalue weighted by molar-refractivity contribution is 14.0. The van der Waals surface area contributed by atoms with E-state index in [1.165, 1.54) is 0 Å². The van der Waals surface area contributed by atoms with Crippen LogP contribution in [0.25, 0.3) is 0 Å². The zero-order valence-corrected chi connectivity index (χ0v) is 20.2. The lowest BCUT2D eigenvalue weighted by molar-refractivity contribution is 0.0205. The monoisotopic (exact) mass is 492 g/mol. The second-order valence-corrected chi connectivity index (χ2v) is 7.66. The third-order valence-corrected chi connectivity index (χ3v) is 4.14. The molecule has 0 bridgehead atoms. The summed E-state index contributed by atoms with van der Waals surface area (Å²) >= 11 is 0. The minimum absolute atomic E-state index is 0. The first-order chi connectivity index (χ1) is 12.3. The number of hydrogen-bond acceptors (Lipinski definition) is 4. The third-order valence-electron chi connectivity index (χ3n) is 4.14. The lowest BCUT2D eigenvalue weighted by Gasteiger charge is -2.30. The predicted molar refractivity (Wildman–Crippen MR) is 124 cm³/mol. The molecule has 0 saturated heterocycles. The average molecular weight is 492 g/mol. The number of rotatable bonds is 9. The Morgan fingerprint density at radius 1 is 1.19 bits per heavy atom. The minimum Gasteiger partial charge on any atom is -0.492 e. The number of guanidine groups is 1. The van der Waals surface area contributed by atoms with Crippen LogP contribution in [-0.4, -0.2) is 64.9 Å². The Kier molecular flexibility index (Phi) is 12.7. The first-order valence-corrected chi connectivity index (χ1v) is 9.10. The summed E-state index contributed by atoms with van der Waals surface area (Å²) in [6, 6.07) is 8.09. The first kappa shape index (κ1) is 25.9. The Morgan fingerprint density at radius 3 is 2.41 bits per heavy atom. The number of aliphatic imine (C=N–C) groups is 1. The Morgan fingerprint density at radius 2 is 1.85 bits per heavy atom. The van der Waals surface area contributed by atoms with Gasteiger partial charge < -0.3 is 25.0 Å². The van der Waals surface area contributed by atoms with E-state index in [2.05, 4.69) is 47.4 Å². The van der Waals surface area contributed by atoms with Gasteiger partial charge in [-0.15, -0.1) is 24.0 Å². The van der Waals surface area contributed by atoms with Crippen LogP contribution in [-0.2, 0) is 11.3 Å². The number of benzene rings is 1. The summed E-state index contributed by atoms with van der Waals surface area (Å²) in [4.78, 5) is 6.40. The molecule has 6 nitrogen and oxygen atoms in total. The van der Waals surface area contributed by atoms with Crippen molar-refractivity contribution in [3.8, 4) is 5.75 Å². The van der Waals surface area contributed by atoms with E-state index >= 15 is 0 Å². The van der Waals surface area contributed by atoms with Crippen LogP contribution in [0.15, 0.2) is 29.3 Å². The van der Waals surface area contributed by atoms with E-state index in [4.69, 9.17) is 9.47 Å². The topological polar surface area (TPSA) is 58.1 Å². The van der Waals surface area contributed by atoms with Crippen LogP contribution in [0.1, 0.15) is 26.3 Å². The van der Waals surface area contributed by atoms with Gasteiger partial charge in [-0.05, 0) is 25.6 Å². The van der Waals surface area contributed by atoms with Crippen molar-refractivity contribution < 1.29 is 9.47 Å². The Balaban J connectivity index is 0.00000676. The summed E-state index contributed by atoms with van der Waals surface area (Å²) in [7, 11) is 7.59. The van der Waals surface area contributed by atoms with Gasteiger partial charge in [-0.3, -0.25) is 4.99 Å². The number of hydrogen-bond donors (Lipinski definition) is 2. The maximum Gasteiger partial charge on any atom is 0.191 e. The fourth-order valence-corrected chi connectivity index (χ4v) is 2.46. The van der Waals surface area contributed by atoms with Gasteiger partial charge in [-0.25, -0.2) is 0 Å². The van der Waals surface area contributed by atoms with E-state index in [0.29, 0.717) is 19.7 Å². The van der Waals surface area contributed by atoms with Crippen molar-refractivity contribution in [2.24, 2.45) is 10.4 Å². The van der Waals surface area contributed by atoms with Crippen LogP contribution in [0.5, 0.6) is 5.75 Å². The molecule has 0 aliphatic rings. The number of halogens is 1. The number of ether oxygens (including phenoxy) is 2. The Labute approximate surface area is 182 Å². The van der Waals surface area contributed by atoms with E-state index in [9.17, 15) is 0 Å². The Bertz CT molecular complexity index is 559. The van der Waals surface area contributed by atoms with Gasteiger partial charge in [-0.1, -0.05) is 39.0 Å². The normalized spacial score (nSPS) is 13.1. The van der Waals surface area contributed by atoms with Crippen LogP contribution < -0.4 is 15.4 Å². The molecule has 7 heteroatoms. The number of methoxy groups -OCH3 is 1. The molecule has 1 aromatic carbocycles. The summed E-state index contributed by atoms with van der Waals surface area (Å²) in [5, 5.41) is 6.69. The summed E-state index contributed by atoms with van der Waals surface area (Å²) in [5.74, 6) is 1.65.